The molecule has 0 aromatic heterocycles. The Balaban J connectivity index is 2.19. The number of aryl methyl sites for hydroxylation is 1. The monoisotopic (exact) mass is 327 g/mol. The van der Waals surface area contributed by atoms with Gasteiger partial charge in [0.15, 0.2) is 6.10 Å². The molecule has 1 aliphatic rings. The molecule has 6 heteroatoms. The van der Waals surface area contributed by atoms with Gasteiger partial charge in [-0.1, -0.05) is 12.1 Å². The van der Waals surface area contributed by atoms with Crippen LogP contribution in [0, 0.1) is 6.92 Å². The molecule has 2 rings (SSSR count). The molecule has 0 spiro atoms. The number of carboxylic acid groups (broad SMARTS) is 1. The summed E-state index contributed by atoms with van der Waals surface area (Å²) in [5, 5.41) is 8.93. The minimum atomic E-state index is -1.04. The Morgan fingerprint density at radius 3 is 2.89 bits per heavy atom. The number of carbonyl (C=O) groups excluding carboxylic acids is 1. The molecule has 0 saturated carbocycles. The van der Waals surface area contributed by atoms with Gasteiger partial charge >= 0.3 is 5.97 Å². The predicted octanol–water partition coefficient (Wildman–Crippen LogP) is 1.68. The number of halogens is 1. The van der Waals surface area contributed by atoms with Gasteiger partial charge in [-0.2, -0.15) is 0 Å². The van der Waals surface area contributed by atoms with Gasteiger partial charge in [-0.15, -0.1) is 0 Å². The van der Waals surface area contributed by atoms with E-state index in [0.29, 0.717) is 12.1 Å². The smallest absolute Gasteiger partial charge is 0.334 e. The molecular weight excluding hydrogens is 314 g/mol. The maximum atomic E-state index is 12.4. The highest BCUT2D eigenvalue weighted by Crippen LogP contribution is 2.23. The average molecular weight is 328 g/mol. The third-order valence-corrected chi connectivity index (χ3v) is 4.10. The highest BCUT2D eigenvalue weighted by atomic mass is 79.9. The highest BCUT2D eigenvalue weighted by Gasteiger charge is 2.30. The van der Waals surface area contributed by atoms with Crippen LogP contribution in [0.5, 0.6) is 0 Å². The van der Waals surface area contributed by atoms with Gasteiger partial charge in [0.25, 0.3) is 5.91 Å². The van der Waals surface area contributed by atoms with Gasteiger partial charge in [-0.05, 0) is 34.5 Å². The van der Waals surface area contributed by atoms with Crippen molar-refractivity contribution in [3.63, 3.8) is 0 Å². The van der Waals surface area contributed by atoms with Crippen molar-refractivity contribution < 1.29 is 19.4 Å². The van der Waals surface area contributed by atoms with Crippen LogP contribution in [0.15, 0.2) is 22.7 Å². The zero-order valence-corrected chi connectivity index (χ0v) is 12.0. The van der Waals surface area contributed by atoms with E-state index in [1.165, 1.54) is 4.90 Å². The zero-order valence-electron chi connectivity index (χ0n) is 10.4. The number of morpholine rings is 1. The van der Waals surface area contributed by atoms with E-state index >= 15 is 0 Å². The fourth-order valence-corrected chi connectivity index (χ4v) is 2.40. The Hall–Kier alpha value is -1.40. The molecular formula is C13H14BrNO4. The predicted molar refractivity (Wildman–Crippen MR) is 72.2 cm³/mol. The molecule has 1 unspecified atom stereocenters. The summed E-state index contributed by atoms with van der Waals surface area (Å²) in [6.07, 6.45) is -0.943. The number of benzene rings is 1. The van der Waals surface area contributed by atoms with E-state index in [2.05, 4.69) is 15.9 Å². The molecule has 1 saturated heterocycles. The second-order valence-electron chi connectivity index (χ2n) is 4.39. The summed E-state index contributed by atoms with van der Waals surface area (Å²) in [6, 6.07) is 5.44. The number of amides is 1. The van der Waals surface area contributed by atoms with Gasteiger partial charge in [0, 0.05) is 11.0 Å². The van der Waals surface area contributed by atoms with Crippen LogP contribution < -0.4 is 0 Å². The Morgan fingerprint density at radius 1 is 1.47 bits per heavy atom. The molecule has 1 fully saturated rings. The first-order valence-corrected chi connectivity index (χ1v) is 6.69. The van der Waals surface area contributed by atoms with Crippen molar-refractivity contribution in [3.8, 4) is 0 Å². The van der Waals surface area contributed by atoms with Crippen LogP contribution in [0.2, 0.25) is 0 Å². The number of rotatable bonds is 2. The molecule has 1 amide bonds. The average Bonchev–Trinajstić information content (AvgIpc) is 2.41. The summed E-state index contributed by atoms with van der Waals surface area (Å²) in [6.45, 7) is 2.63. The summed E-state index contributed by atoms with van der Waals surface area (Å²) in [4.78, 5) is 24.8. The van der Waals surface area contributed by atoms with Crippen LogP contribution >= 0.6 is 15.9 Å². The van der Waals surface area contributed by atoms with E-state index in [4.69, 9.17) is 9.84 Å². The summed E-state index contributed by atoms with van der Waals surface area (Å²) in [7, 11) is 0. The largest absolute Gasteiger partial charge is 0.479 e. The quantitative estimate of drug-likeness (QED) is 0.897. The topological polar surface area (TPSA) is 66.8 Å². The van der Waals surface area contributed by atoms with Gasteiger partial charge in [-0.25, -0.2) is 4.79 Å². The molecule has 102 valence electrons. The van der Waals surface area contributed by atoms with E-state index in [9.17, 15) is 9.59 Å². The number of carboxylic acids is 1. The summed E-state index contributed by atoms with van der Waals surface area (Å²) in [5.41, 5.74) is 1.51. The third kappa shape index (κ3) is 2.96. The number of carbonyl (C=O) groups is 2. The van der Waals surface area contributed by atoms with Crippen molar-refractivity contribution >= 4 is 27.8 Å². The summed E-state index contributed by atoms with van der Waals surface area (Å²) in [5.74, 6) is -1.22. The normalized spacial score (nSPS) is 19.3. The van der Waals surface area contributed by atoms with Crippen LogP contribution in [0.25, 0.3) is 0 Å². The van der Waals surface area contributed by atoms with Crippen LogP contribution in [0.1, 0.15) is 15.9 Å². The Labute approximate surface area is 119 Å². The molecule has 1 aliphatic heterocycles. The van der Waals surface area contributed by atoms with E-state index in [1.54, 1.807) is 6.07 Å². The van der Waals surface area contributed by atoms with Gasteiger partial charge in [0.05, 0.1) is 18.7 Å². The minimum absolute atomic E-state index is 0.0779. The van der Waals surface area contributed by atoms with Crippen molar-refractivity contribution in [1.29, 1.82) is 0 Å². The molecule has 1 aromatic rings. The Bertz CT molecular complexity index is 517. The first-order chi connectivity index (χ1) is 9.00. The first-order valence-electron chi connectivity index (χ1n) is 5.89. The minimum Gasteiger partial charge on any atom is -0.479 e. The van der Waals surface area contributed by atoms with Crippen molar-refractivity contribution in [2.75, 3.05) is 19.7 Å². The fourth-order valence-electron chi connectivity index (χ4n) is 1.97. The second-order valence-corrected chi connectivity index (χ2v) is 5.18. The van der Waals surface area contributed by atoms with Gasteiger partial charge in [0.1, 0.15) is 0 Å². The third-order valence-electron chi connectivity index (χ3n) is 3.05. The number of nitrogens with zero attached hydrogens (tertiary/aromatic N) is 1. The van der Waals surface area contributed by atoms with Gasteiger partial charge in [-0.3, -0.25) is 4.79 Å². The van der Waals surface area contributed by atoms with E-state index in [0.717, 1.165) is 10.0 Å². The lowest BCUT2D eigenvalue weighted by molar-refractivity contribution is -0.154. The summed E-state index contributed by atoms with van der Waals surface area (Å²) < 4.78 is 5.85. The summed E-state index contributed by atoms with van der Waals surface area (Å²) >= 11 is 3.40. The van der Waals surface area contributed by atoms with Gasteiger partial charge < -0.3 is 14.7 Å². The first kappa shape index (κ1) is 14.0. The molecule has 19 heavy (non-hydrogen) atoms. The lowest BCUT2D eigenvalue weighted by atomic mass is 10.1. The van der Waals surface area contributed by atoms with E-state index < -0.39 is 12.1 Å². The van der Waals surface area contributed by atoms with Crippen LogP contribution in [0.4, 0.5) is 0 Å². The molecule has 5 nitrogen and oxygen atoms in total. The van der Waals surface area contributed by atoms with Crippen molar-refractivity contribution in [2.24, 2.45) is 0 Å². The molecule has 1 aromatic carbocycles. The zero-order chi connectivity index (χ0) is 14.0. The molecule has 0 radical (unpaired) electrons. The molecule has 1 N–H and O–H groups in total. The maximum Gasteiger partial charge on any atom is 0.334 e. The lowest BCUT2D eigenvalue weighted by Gasteiger charge is -2.31. The second kappa shape index (κ2) is 5.71. The number of hydrogen-bond donors (Lipinski definition) is 1. The molecule has 1 heterocycles. The molecule has 0 aliphatic carbocycles. The fraction of sp³-hybridized carbons (Fsp3) is 0.385. The van der Waals surface area contributed by atoms with Gasteiger partial charge in [0.2, 0.25) is 0 Å². The SMILES string of the molecule is Cc1cccc(C(=O)N2CCOC(C(=O)O)C2)c1Br. The van der Waals surface area contributed by atoms with Crippen molar-refractivity contribution in [1.82, 2.24) is 4.90 Å². The molecule has 0 bridgehead atoms. The number of ether oxygens (including phenoxy) is 1. The number of aliphatic carboxylic acids is 1. The van der Waals surface area contributed by atoms with Crippen LogP contribution in [0.3, 0.4) is 0 Å². The Kier molecular flexibility index (Phi) is 4.21. The Morgan fingerprint density at radius 2 is 2.21 bits per heavy atom. The molecule has 1 atom stereocenters. The lowest BCUT2D eigenvalue weighted by Crippen LogP contribution is -2.48. The highest BCUT2D eigenvalue weighted by molar-refractivity contribution is 9.10. The van der Waals surface area contributed by atoms with Crippen LogP contribution in [-0.2, 0) is 9.53 Å². The van der Waals surface area contributed by atoms with Crippen LogP contribution in [-0.4, -0.2) is 47.7 Å². The van der Waals surface area contributed by atoms with Crippen molar-refractivity contribution in [2.45, 2.75) is 13.0 Å². The van der Waals surface area contributed by atoms with E-state index in [1.807, 2.05) is 19.1 Å². The van der Waals surface area contributed by atoms with E-state index in [-0.39, 0.29) is 19.1 Å². The number of hydrogen-bond acceptors (Lipinski definition) is 3. The standard InChI is InChI=1S/C13H14BrNO4/c1-8-3-2-4-9(11(8)14)12(16)15-5-6-19-10(7-15)13(17)18/h2-4,10H,5-7H2,1H3,(H,17,18). The van der Waals surface area contributed by atoms with Crippen molar-refractivity contribution in [3.05, 3.63) is 33.8 Å². The maximum absolute atomic E-state index is 12.4.